The lowest BCUT2D eigenvalue weighted by Crippen LogP contribution is -2.37. The summed E-state index contributed by atoms with van der Waals surface area (Å²) >= 11 is 0. The maximum absolute atomic E-state index is 11.7. The second-order valence-corrected chi connectivity index (χ2v) is 4.55. The Hall–Kier alpha value is -1.78. The number of anilines is 2. The first kappa shape index (κ1) is 12.7. The van der Waals surface area contributed by atoms with Crippen LogP contribution in [0.1, 0.15) is 36.5 Å². The number of carbonyl (C=O) groups excluding carboxylic acids is 1. The number of aromatic nitrogens is 1. The summed E-state index contributed by atoms with van der Waals surface area (Å²) in [4.78, 5) is 18.1. The van der Waals surface area contributed by atoms with Crippen molar-refractivity contribution in [2.45, 2.75) is 32.2 Å². The molecule has 1 fully saturated rings. The van der Waals surface area contributed by atoms with Crippen LogP contribution in [0, 0.1) is 0 Å². The second kappa shape index (κ2) is 5.25. The van der Waals surface area contributed by atoms with Crippen molar-refractivity contribution in [3.8, 4) is 0 Å². The van der Waals surface area contributed by atoms with Crippen LogP contribution in [0.3, 0.4) is 0 Å². The fourth-order valence-corrected chi connectivity index (χ4v) is 1.99. The Labute approximate surface area is 107 Å². The van der Waals surface area contributed by atoms with Gasteiger partial charge in [0.2, 0.25) is 0 Å². The van der Waals surface area contributed by atoms with Gasteiger partial charge in [-0.3, -0.25) is 0 Å². The van der Waals surface area contributed by atoms with Crippen molar-refractivity contribution in [2.24, 2.45) is 0 Å². The number of pyridine rings is 1. The van der Waals surface area contributed by atoms with Crippen LogP contribution in [0.2, 0.25) is 0 Å². The zero-order valence-electron chi connectivity index (χ0n) is 10.8. The summed E-state index contributed by atoms with van der Waals surface area (Å²) in [6, 6.07) is 2.24. The third-order valence-electron chi connectivity index (χ3n) is 3.40. The van der Waals surface area contributed by atoms with Crippen LogP contribution in [0.15, 0.2) is 12.3 Å². The highest BCUT2D eigenvalue weighted by atomic mass is 16.5. The van der Waals surface area contributed by atoms with Gasteiger partial charge in [-0.05, 0) is 32.3 Å². The Morgan fingerprint density at radius 2 is 2.33 bits per heavy atom. The standard InChI is InChI=1S/C13H19N3O2/c1-3-18-13(17)10-7-12(15-8-11(10)14)16(2)9-5-4-6-9/h7-9H,3-6,14H2,1-2H3. The molecule has 18 heavy (non-hydrogen) atoms. The van der Waals surface area contributed by atoms with Crippen molar-refractivity contribution >= 4 is 17.5 Å². The van der Waals surface area contributed by atoms with Gasteiger partial charge in [-0.2, -0.15) is 0 Å². The molecule has 1 aromatic heterocycles. The molecule has 1 saturated carbocycles. The molecular formula is C13H19N3O2. The summed E-state index contributed by atoms with van der Waals surface area (Å²) in [5.41, 5.74) is 6.52. The van der Waals surface area contributed by atoms with E-state index in [0.717, 1.165) is 5.82 Å². The van der Waals surface area contributed by atoms with Crippen molar-refractivity contribution < 1.29 is 9.53 Å². The fourth-order valence-electron chi connectivity index (χ4n) is 1.99. The molecule has 98 valence electrons. The van der Waals surface area contributed by atoms with Crippen LogP contribution in [-0.2, 0) is 4.74 Å². The van der Waals surface area contributed by atoms with E-state index in [1.807, 2.05) is 7.05 Å². The third-order valence-corrected chi connectivity index (χ3v) is 3.40. The van der Waals surface area contributed by atoms with E-state index < -0.39 is 0 Å². The van der Waals surface area contributed by atoms with Crippen LogP contribution in [0.5, 0.6) is 0 Å². The van der Waals surface area contributed by atoms with Crippen molar-refractivity contribution in [1.29, 1.82) is 0 Å². The molecule has 2 rings (SSSR count). The summed E-state index contributed by atoms with van der Waals surface area (Å²) in [5, 5.41) is 0. The van der Waals surface area contributed by atoms with E-state index in [1.165, 1.54) is 25.5 Å². The summed E-state index contributed by atoms with van der Waals surface area (Å²) < 4.78 is 4.98. The molecule has 1 aliphatic carbocycles. The van der Waals surface area contributed by atoms with E-state index >= 15 is 0 Å². The Balaban J connectivity index is 2.22. The number of esters is 1. The molecule has 0 bridgehead atoms. The van der Waals surface area contributed by atoms with Gasteiger partial charge in [0.15, 0.2) is 0 Å². The normalized spacial score (nSPS) is 15.0. The topological polar surface area (TPSA) is 68.5 Å². The average Bonchev–Trinajstić information content (AvgIpc) is 2.27. The molecule has 5 nitrogen and oxygen atoms in total. The van der Waals surface area contributed by atoms with E-state index in [-0.39, 0.29) is 5.97 Å². The molecule has 2 N–H and O–H groups in total. The SMILES string of the molecule is CCOC(=O)c1cc(N(C)C2CCC2)ncc1N. The monoisotopic (exact) mass is 249 g/mol. The van der Waals surface area contributed by atoms with Crippen LogP contribution >= 0.6 is 0 Å². The second-order valence-electron chi connectivity index (χ2n) is 4.55. The maximum Gasteiger partial charge on any atom is 0.340 e. The van der Waals surface area contributed by atoms with Gasteiger partial charge in [-0.15, -0.1) is 0 Å². The van der Waals surface area contributed by atoms with Crippen LogP contribution in [-0.4, -0.2) is 30.6 Å². The predicted molar refractivity (Wildman–Crippen MR) is 70.6 cm³/mol. The molecule has 0 amide bonds. The van der Waals surface area contributed by atoms with E-state index in [2.05, 4.69) is 9.88 Å². The largest absolute Gasteiger partial charge is 0.462 e. The van der Waals surface area contributed by atoms with Crippen LogP contribution in [0.25, 0.3) is 0 Å². The quantitative estimate of drug-likeness (QED) is 0.824. The Kier molecular flexibility index (Phi) is 3.69. The van der Waals surface area contributed by atoms with Gasteiger partial charge >= 0.3 is 5.97 Å². The van der Waals surface area contributed by atoms with Crippen LogP contribution in [0.4, 0.5) is 11.5 Å². The van der Waals surface area contributed by atoms with E-state index in [4.69, 9.17) is 10.5 Å². The molecule has 0 unspecified atom stereocenters. The van der Waals surface area contributed by atoms with E-state index in [9.17, 15) is 4.79 Å². The Morgan fingerprint density at radius 3 is 2.89 bits per heavy atom. The fraction of sp³-hybridized carbons (Fsp3) is 0.538. The number of nitrogens with zero attached hydrogens (tertiary/aromatic N) is 2. The highest BCUT2D eigenvalue weighted by Gasteiger charge is 2.24. The number of nitrogens with two attached hydrogens (primary N) is 1. The minimum absolute atomic E-state index is 0.342. The summed E-state index contributed by atoms with van der Waals surface area (Å²) in [7, 11) is 2.00. The van der Waals surface area contributed by atoms with Gasteiger partial charge < -0.3 is 15.4 Å². The number of rotatable bonds is 4. The molecule has 0 aliphatic heterocycles. The number of hydrogen-bond donors (Lipinski definition) is 1. The molecule has 1 aliphatic rings. The van der Waals surface area contributed by atoms with Gasteiger partial charge in [0, 0.05) is 13.1 Å². The van der Waals surface area contributed by atoms with E-state index in [1.54, 1.807) is 13.0 Å². The molecular weight excluding hydrogens is 230 g/mol. The minimum atomic E-state index is -0.388. The lowest BCUT2D eigenvalue weighted by molar-refractivity contribution is 0.0527. The predicted octanol–water partition coefficient (Wildman–Crippen LogP) is 1.83. The van der Waals surface area contributed by atoms with Gasteiger partial charge in [0.05, 0.1) is 24.1 Å². The molecule has 0 radical (unpaired) electrons. The van der Waals surface area contributed by atoms with Gasteiger partial charge in [0.1, 0.15) is 5.82 Å². The zero-order chi connectivity index (χ0) is 13.1. The van der Waals surface area contributed by atoms with E-state index in [0.29, 0.717) is 23.9 Å². The Bertz CT molecular complexity index is 444. The Morgan fingerprint density at radius 1 is 1.61 bits per heavy atom. The first-order valence-electron chi connectivity index (χ1n) is 6.29. The first-order valence-corrected chi connectivity index (χ1v) is 6.29. The summed E-state index contributed by atoms with van der Waals surface area (Å²) in [6.45, 7) is 2.12. The van der Waals surface area contributed by atoms with Crippen LogP contribution < -0.4 is 10.6 Å². The highest BCUT2D eigenvalue weighted by Crippen LogP contribution is 2.28. The summed E-state index contributed by atoms with van der Waals surface area (Å²) in [6.07, 6.45) is 5.14. The number of nitrogen functional groups attached to an aromatic ring is 1. The first-order chi connectivity index (χ1) is 8.63. The lowest BCUT2D eigenvalue weighted by atomic mass is 9.92. The highest BCUT2D eigenvalue weighted by molar-refractivity contribution is 5.95. The molecule has 0 saturated heterocycles. The van der Waals surface area contributed by atoms with Gasteiger partial charge in [-0.25, -0.2) is 9.78 Å². The number of carbonyl (C=O) groups is 1. The molecule has 0 aromatic carbocycles. The lowest BCUT2D eigenvalue weighted by Gasteiger charge is -2.35. The number of hydrogen-bond acceptors (Lipinski definition) is 5. The van der Waals surface area contributed by atoms with Crippen molar-refractivity contribution in [1.82, 2.24) is 4.98 Å². The van der Waals surface area contributed by atoms with Gasteiger partial charge in [0.25, 0.3) is 0 Å². The maximum atomic E-state index is 11.7. The smallest absolute Gasteiger partial charge is 0.340 e. The molecule has 5 heteroatoms. The third kappa shape index (κ3) is 2.39. The number of ether oxygens (including phenoxy) is 1. The van der Waals surface area contributed by atoms with Gasteiger partial charge in [-0.1, -0.05) is 0 Å². The summed E-state index contributed by atoms with van der Waals surface area (Å²) in [5.74, 6) is 0.387. The minimum Gasteiger partial charge on any atom is -0.462 e. The molecule has 1 aromatic rings. The molecule has 0 spiro atoms. The van der Waals surface area contributed by atoms with Crippen molar-refractivity contribution in [2.75, 3.05) is 24.3 Å². The zero-order valence-corrected chi connectivity index (χ0v) is 10.8. The molecule has 0 atom stereocenters. The average molecular weight is 249 g/mol. The van der Waals surface area contributed by atoms with Crippen molar-refractivity contribution in [3.05, 3.63) is 17.8 Å². The molecule has 1 heterocycles. The van der Waals surface area contributed by atoms with Crippen molar-refractivity contribution in [3.63, 3.8) is 0 Å².